The Morgan fingerprint density at radius 1 is 1.10 bits per heavy atom. The Balaban J connectivity index is 1.71. The molecule has 0 spiro atoms. The van der Waals surface area contributed by atoms with Gasteiger partial charge in [0.2, 0.25) is 0 Å². The summed E-state index contributed by atoms with van der Waals surface area (Å²) in [5.74, 6) is 1.81. The summed E-state index contributed by atoms with van der Waals surface area (Å²) >= 11 is 4.93. The number of anilines is 1. The molecule has 5 nitrogen and oxygen atoms in total. The van der Waals surface area contributed by atoms with Crippen LogP contribution in [0.1, 0.15) is 19.3 Å². The Kier molecular flexibility index (Phi) is 3.39. The monoisotopic (exact) mass is 363 g/mol. The van der Waals surface area contributed by atoms with E-state index in [1.54, 1.807) is 11.3 Å². The van der Waals surface area contributed by atoms with Gasteiger partial charge in [-0.2, -0.15) is 0 Å². The zero-order valence-electron chi connectivity index (χ0n) is 11.3. The van der Waals surface area contributed by atoms with Gasteiger partial charge in [0.05, 0.1) is 5.52 Å². The molecule has 1 aliphatic rings. The van der Waals surface area contributed by atoms with Crippen molar-refractivity contribution in [2.24, 2.45) is 0 Å². The average Bonchev–Trinajstić information content (AvgIpc) is 3.13. The van der Waals surface area contributed by atoms with Gasteiger partial charge in [-0.05, 0) is 47.3 Å². The predicted molar refractivity (Wildman–Crippen MR) is 88.8 cm³/mol. The lowest BCUT2D eigenvalue weighted by atomic mass is 10.1. The fourth-order valence-corrected chi connectivity index (χ4v) is 3.84. The van der Waals surface area contributed by atoms with E-state index in [1.165, 1.54) is 19.3 Å². The van der Waals surface area contributed by atoms with E-state index in [4.69, 9.17) is 4.98 Å². The van der Waals surface area contributed by atoms with Gasteiger partial charge in [-0.25, -0.2) is 15.0 Å². The molecular weight excluding hydrogens is 350 g/mol. The second-order valence-electron chi connectivity index (χ2n) is 5.15. The second-order valence-corrected chi connectivity index (χ2v) is 6.82. The van der Waals surface area contributed by atoms with Gasteiger partial charge in [0.1, 0.15) is 10.4 Å². The first-order chi connectivity index (χ1) is 10.3. The third kappa shape index (κ3) is 2.55. The summed E-state index contributed by atoms with van der Waals surface area (Å²) in [5, 5.41) is 2.83. The summed E-state index contributed by atoms with van der Waals surface area (Å²) in [6.45, 7) is 2.18. The molecule has 1 N–H and O–H groups in total. The predicted octanol–water partition coefficient (Wildman–Crippen LogP) is 3.83. The number of piperidine rings is 1. The Morgan fingerprint density at radius 3 is 2.71 bits per heavy atom. The minimum absolute atomic E-state index is 0.763. The molecule has 0 atom stereocenters. The van der Waals surface area contributed by atoms with Gasteiger partial charge in [-0.1, -0.05) is 0 Å². The maximum atomic E-state index is 4.70. The molecule has 0 saturated carbocycles. The first-order valence-electron chi connectivity index (χ1n) is 7.03. The number of fused-ring (bicyclic) bond motifs is 1. The average molecular weight is 364 g/mol. The van der Waals surface area contributed by atoms with Gasteiger partial charge in [0.25, 0.3) is 0 Å². The van der Waals surface area contributed by atoms with Crippen molar-refractivity contribution < 1.29 is 0 Å². The van der Waals surface area contributed by atoms with Crippen LogP contribution in [0.3, 0.4) is 0 Å². The van der Waals surface area contributed by atoms with Gasteiger partial charge in [0.15, 0.2) is 16.5 Å². The highest BCUT2D eigenvalue weighted by molar-refractivity contribution is 9.10. The quantitative estimate of drug-likeness (QED) is 0.751. The Morgan fingerprint density at radius 2 is 1.95 bits per heavy atom. The van der Waals surface area contributed by atoms with Gasteiger partial charge in [-0.3, -0.25) is 0 Å². The zero-order chi connectivity index (χ0) is 14.2. The Hall–Kier alpha value is -1.47. The van der Waals surface area contributed by atoms with E-state index in [2.05, 4.69) is 47.9 Å². The molecule has 4 heterocycles. The fourth-order valence-electron chi connectivity index (χ4n) is 2.65. The number of hydrogen-bond acceptors (Lipinski definition) is 5. The van der Waals surface area contributed by atoms with Crippen LogP contribution < -0.4 is 4.90 Å². The van der Waals surface area contributed by atoms with Gasteiger partial charge in [0, 0.05) is 18.5 Å². The number of nitrogens with one attached hydrogen (secondary N) is 1. The van der Waals surface area contributed by atoms with E-state index < -0.39 is 0 Å². The number of nitrogens with zero attached hydrogens (tertiary/aromatic N) is 4. The van der Waals surface area contributed by atoms with Crippen LogP contribution in [0.25, 0.3) is 22.0 Å². The summed E-state index contributed by atoms with van der Waals surface area (Å²) in [5.41, 5.74) is 1.72. The number of thiazole rings is 1. The SMILES string of the molecule is Brc1csc(-c2nc3nc(N4CCCCC4)ccc3[nH]2)n1. The Labute approximate surface area is 134 Å². The molecular formula is C14H14BrN5S. The van der Waals surface area contributed by atoms with E-state index >= 15 is 0 Å². The van der Waals surface area contributed by atoms with Crippen molar-refractivity contribution in [3.8, 4) is 10.8 Å². The highest BCUT2D eigenvalue weighted by Crippen LogP contribution is 2.26. The van der Waals surface area contributed by atoms with E-state index in [0.717, 1.165) is 45.5 Å². The number of aromatic nitrogens is 4. The first-order valence-corrected chi connectivity index (χ1v) is 8.70. The molecule has 1 aliphatic heterocycles. The van der Waals surface area contributed by atoms with Crippen LogP contribution in [0.15, 0.2) is 22.1 Å². The van der Waals surface area contributed by atoms with Crippen LogP contribution in [0.2, 0.25) is 0 Å². The van der Waals surface area contributed by atoms with E-state index in [0.29, 0.717) is 0 Å². The fraction of sp³-hybridized carbons (Fsp3) is 0.357. The maximum absolute atomic E-state index is 4.70. The number of pyridine rings is 1. The lowest BCUT2D eigenvalue weighted by molar-refractivity contribution is 0.574. The highest BCUT2D eigenvalue weighted by Gasteiger charge is 2.15. The van der Waals surface area contributed by atoms with Crippen molar-refractivity contribution in [2.45, 2.75) is 19.3 Å². The van der Waals surface area contributed by atoms with Gasteiger partial charge >= 0.3 is 0 Å². The number of H-pyrrole nitrogens is 1. The van der Waals surface area contributed by atoms with Crippen LogP contribution >= 0.6 is 27.3 Å². The lowest BCUT2D eigenvalue weighted by Crippen LogP contribution is -2.30. The van der Waals surface area contributed by atoms with Crippen molar-refractivity contribution in [1.29, 1.82) is 0 Å². The van der Waals surface area contributed by atoms with Crippen molar-refractivity contribution in [1.82, 2.24) is 19.9 Å². The molecule has 0 amide bonds. The van der Waals surface area contributed by atoms with Crippen LogP contribution in [0.4, 0.5) is 5.82 Å². The maximum Gasteiger partial charge on any atom is 0.180 e. The molecule has 1 fully saturated rings. The smallest absolute Gasteiger partial charge is 0.180 e. The molecule has 0 unspecified atom stereocenters. The molecule has 108 valence electrons. The summed E-state index contributed by atoms with van der Waals surface area (Å²) in [6, 6.07) is 4.14. The van der Waals surface area contributed by atoms with Crippen molar-refractivity contribution in [3.05, 3.63) is 22.1 Å². The molecule has 0 aliphatic carbocycles. The first kappa shape index (κ1) is 13.2. The summed E-state index contributed by atoms with van der Waals surface area (Å²) in [4.78, 5) is 19.3. The summed E-state index contributed by atoms with van der Waals surface area (Å²) in [7, 11) is 0. The van der Waals surface area contributed by atoms with E-state index in [-0.39, 0.29) is 0 Å². The third-order valence-corrected chi connectivity index (χ3v) is 5.25. The molecule has 4 rings (SSSR count). The Bertz CT molecular complexity index is 775. The molecule has 21 heavy (non-hydrogen) atoms. The number of rotatable bonds is 2. The molecule has 3 aromatic heterocycles. The van der Waals surface area contributed by atoms with Crippen LogP contribution in [-0.2, 0) is 0 Å². The molecule has 3 aromatic rings. The standard InChI is InChI=1S/C14H14BrN5S/c15-10-8-21-14(17-10)13-16-9-4-5-11(18-12(9)19-13)20-6-2-1-3-7-20/h4-5,8H,1-3,6-7H2,(H,16,18,19). The summed E-state index contributed by atoms with van der Waals surface area (Å²) in [6.07, 6.45) is 3.82. The summed E-state index contributed by atoms with van der Waals surface area (Å²) < 4.78 is 0.838. The van der Waals surface area contributed by atoms with E-state index in [9.17, 15) is 0 Å². The molecule has 7 heteroatoms. The van der Waals surface area contributed by atoms with Crippen molar-refractivity contribution in [3.63, 3.8) is 0 Å². The second kappa shape index (κ2) is 5.38. The number of aromatic amines is 1. The number of halogens is 1. The number of imidazole rings is 1. The molecule has 0 radical (unpaired) electrons. The largest absolute Gasteiger partial charge is 0.357 e. The minimum Gasteiger partial charge on any atom is -0.357 e. The number of hydrogen-bond donors (Lipinski definition) is 1. The van der Waals surface area contributed by atoms with Crippen LogP contribution in [-0.4, -0.2) is 33.0 Å². The topological polar surface area (TPSA) is 57.7 Å². The molecule has 0 bridgehead atoms. The zero-order valence-corrected chi connectivity index (χ0v) is 13.7. The van der Waals surface area contributed by atoms with Crippen molar-refractivity contribution >= 4 is 44.2 Å². The third-order valence-electron chi connectivity index (χ3n) is 3.69. The van der Waals surface area contributed by atoms with Crippen LogP contribution in [0, 0.1) is 0 Å². The lowest BCUT2D eigenvalue weighted by Gasteiger charge is -2.27. The normalized spacial score (nSPS) is 15.8. The van der Waals surface area contributed by atoms with Gasteiger partial charge in [-0.15, -0.1) is 11.3 Å². The highest BCUT2D eigenvalue weighted by atomic mass is 79.9. The van der Waals surface area contributed by atoms with Crippen molar-refractivity contribution in [2.75, 3.05) is 18.0 Å². The molecule has 0 aromatic carbocycles. The minimum atomic E-state index is 0.763. The van der Waals surface area contributed by atoms with Gasteiger partial charge < -0.3 is 9.88 Å². The molecule has 1 saturated heterocycles. The van der Waals surface area contributed by atoms with Crippen LogP contribution in [0.5, 0.6) is 0 Å². The van der Waals surface area contributed by atoms with E-state index in [1.807, 2.05) is 5.38 Å².